The standard InChI is InChI=1S/C21H28FN3O2.HI/c1-3-23-21(25-14-18(15-26)17-8-5-4-6-9-17)24-13-16(2)27-20-11-7-10-19(22)12-20;/h4-12,16,18,26H,3,13-15H2,1-2H3,(H2,23,24,25);1H. The van der Waals surface area contributed by atoms with Crippen LogP contribution in [-0.2, 0) is 0 Å². The molecule has 0 bridgehead atoms. The van der Waals surface area contributed by atoms with E-state index in [-0.39, 0.29) is 48.4 Å². The zero-order chi connectivity index (χ0) is 19.5. The summed E-state index contributed by atoms with van der Waals surface area (Å²) >= 11 is 0. The van der Waals surface area contributed by atoms with Gasteiger partial charge in [0.1, 0.15) is 17.7 Å². The molecule has 0 heterocycles. The Labute approximate surface area is 183 Å². The minimum absolute atomic E-state index is 0. The molecule has 0 radical (unpaired) electrons. The van der Waals surface area contributed by atoms with Gasteiger partial charge < -0.3 is 20.5 Å². The second-order valence-electron chi connectivity index (χ2n) is 6.28. The van der Waals surface area contributed by atoms with E-state index in [9.17, 15) is 9.50 Å². The predicted molar refractivity (Wildman–Crippen MR) is 122 cm³/mol. The molecule has 5 nitrogen and oxygen atoms in total. The number of ether oxygens (including phenoxy) is 1. The van der Waals surface area contributed by atoms with Crippen molar-refractivity contribution < 1.29 is 14.2 Å². The third-order valence-electron chi connectivity index (χ3n) is 4.00. The van der Waals surface area contributed by atoms with Gasteiger partial charge in [-0.25, -0.2) is 4.39 Å². The summed E-state index contributed by atoms with van der Waals surface area (Å²) in [4.78, 5) is 4.57. The number of nitrogens with zero attached hydrogens (tertiary/aromatic N) is 1. The Morgan fingerprint density at radius 3 is 2.54 bits per heavy atom. The number of nitrogens with one attached hydrogen (secondary N) is 2. The van der Waals surface area contributed by atoms with Crippen molar-refractivity contribution in [1.29, 1.82) is 0 Å². The molecule has 0 amide bonds. The monoisotopic (exact) mass is 501 g/mol. The maximum absolute atomic E-state index is 13.2. The molecule has 2 unspecified atom stereocenters. The summed E-state index contributed by atoms with van der Waals surface area (Å²) < 4.78 is 19.0. The lowest BCUT2D eigenvalue weighted by Crippen LogP contribution is -2.42. The third-order valence-corrected chi connectivity index (χ3v) is 4.00. The van der Waals surface area contributed by atoms with E-state index in [1.54, 1.807) is 12.1 Å². The van der Waals surface area contributed by atoms with Crippen LogP contribution in [0.25, 0.3) is 0 Å². The number of rotatable bonds is 9. The topological polar surface area (TPSA) is 65.9 Å². The van der Waals surface area contributed by atoms with Gasteiger partial charge in [-0.15, -0.1) is 24.0 Å². The van der Waals surface area contributed by atoms with E-state index in [1.807, 2.05) is 44.2 Å². The number of aliphatic hydroxyl groups is 1. The van der Waals surface area contributed by atoms with Gasteiger partial charge in [0.15, 0.2) is 5.96 Å². The van der Waals surface area contributed by atoms with Crippen LogP contribution in [0, 0.1) is 5.82 Å². The van der Waals surface area contributed by atoms with Crippen LogP contribution in [0.15, 0.2) is 59.6 Å². The molecule has 0 fully saturated rings. The summed E-state index contributed by atoms with van der Waals surface area (Å²) in [5.41, 5.74) is 1.06. The van der Waals surface area contributed by atoms with Crippen LogP contribution in [0.5, 0.6) is 5.75 Å². The van der Waals surface area contributed by atoms with Crippen LogP contribution in [-0.4, -0.2) is 43.4 Å². The van der Waals surface area contributed by atoms with Gasteiger partial charge in [0.2, 0.25) is 0 Å². The highest BCUT2D eigenvalue weighted by atomic mass is 127. The SMILES string of the molecule is CCNC(=NCC(CO)c1ccccc1)NCC(C)Oc1cccc(F)c1.I. The minimum Gasteiger partial charge on any atom is -0.489 e. The number of aliphatic imine (C=N–C) groups is 1. The summed E-state index contributed by atoms with van der Waals surface area (Å²) in [5.74, 6) is 0.776. The zero-order valence-corrected chi connectivity index (χ0v) is 18.6. The van der Waals surface area contributed by atoms with Crippen molar-refractivity contribution in [2.45, 2.75) is 25.9 Å². The molecule has 2 atom stereocenters. The highest BCUT2D eigenvalue weighted by Gasteiger charge is 2.11. The molecule has 0 saturated heterocycles. The van der Waals surface area contributed by atoms with Crippen molar-refractivity contribution in [3.63, 3.8) is 0 Å². The lowest BCUT2D eigenvalue weighted by Gasteiger charge is -2.18. The van der Waals surface area contributed by atoms with Gasteiger partial charge in [-0.05, 0) is 31.5 Å². The van der Waals surface area contributed by atoms with E-state index in [0.717, 1.165) is 12.1 Å². The number of hydrogen-bond acceptors (Lipinski definition) is 3. The molecule has 0 saturated carbocycles. The van der Waals surface area contributed by atoms with Gasteiger partial charge in [-0.3, -0.25) is 4.99 Å². The highest BCUT2D eigenvalue weighted by molar-refractivity contribution is 14.0. The number of benzene rings is 2. The van der Waals surface area contributed by atoms with Gasteiger partial charge in [-0.1, -0.05) is 36.4 Å². The average molecular weight is 501 g/mol. The first-order chi connectivity index (χ1) is 13.1. The van der Waals surface area contributed by atoms with Crippen molar-refractivity contribution in [1.82, 2.24) is 10.6 Å². The van der Waals surface area contributed by atoms with E-state index in [1.165, 1.54) is 12.1 Å². The molecule has 0 aliphatic carbocycles. The summed E-state index contributed by atoms with van der Waals surface area (Å²) in [6, 6.07) is 15.9. The number of hydrogen-bond donors (Lipinski definition) is 3. The zero-order valence-electron chi connectivity index (χ0n) is 16.3. The fourth-order valence-electron chi connectivity index (χ4n) is 2.59. The first-order valence-corrected chi connectivity index (χ1v) is 9.22. The molecule has 0 spiro atoms. The highest BCUT2D eigenvalue weighted by Crippen LogP contribution is 2.15. The van der Waals surface area contributed by atoms with Crippen LogP contribution < -0.4 is 15.4 Å². The van der Waals surface area contributed by atoms with Crippen molar-refractivity contribution in [3.8, 4) is 5.75 Å². The Hall–Kier alpha value is -1.87. The lowest BCUT2D eigenvalue weighted by atomic mass is 10.0. The molecule has 28 heavy (non-hydrogen) atoms. The van der Waals surface area contributed by atoms with Crippen molar-refractivity contribution in [2.24, 2.45) is 4.99 Å². The molecule has 2 rings (SSSR count). The number of aliphatic hydroxyl groups excluding tert-OH is 1. The first kappa shape index (κ1) is 24.2. The minimum atomic E-state index is -0.321. The normalized spacial score (nSPS) is 13.2. The molecule has 7 heteroatoms. The Morgan fingerprint density at radius 1 is 1.14 bits per heavy atom. The Morgan fingerprint density at radius 2 is 1.89 bits per heavy atom. The molecule has 0 aliphatic rings. The molecule has 0 aromatic heterocycles. The lowest BCUT2D eigenvalue weighted by molar-refractivity contribution is 0.223. The van der Waals surface area contributed by atoms with Crippen LogP contribution in [0.1, 0.15) is 25.3 Å². The summed E-state index contributed by atoms with van der Waals surface area (Å²) in [7, 11) is 0. The average Bonchev–Trinajstić information content (AvgIpc) is 2.67. The number of guanidine groups is 1. The molecular weight excluding hydrogens is 472 g/mol. The first-order valence-electron chi connectivity index (χ1n) is 9.22. The van der Waals surface area contributed by atoms with E-state index < -0.39 is 0 Å². The van der Waals surface area contributed by atoms with Gasteiger partial charge in [0.05, 0.1) is 19.7 Å². The largest absolute Gasteiger partial charge is 0.489 e. The molecule has 2 aromatic carbocycles. The predicted octanol–water partition coefficient (Wildman–Crippen LogP) is 3.54. The maximum Gasteiger partial charge on any atom is 0.191 e. The molecule has 3 N–H and O–H groups in total. The van der Waals surface area contributed by atoms with Crippen molar-refractivity contribution in [2.75, 3.05) is 26.2 Å². The molecular formula is C21H29FIN3O2. The summed E-state index contributed by atoms with van der Waals surface area (Å²) in [6.45, 7) is 5.63. The van der Waals surface area contributed by atoms with Gasteiger partial charge >= 0.3 is 0 Å². The van der Waals surface area contributed by atoms with Crippen LogP contribution in [0.3, 0.4) is 0 Å². The molecule has 2 aromatic rings. The van der Waals surface area contributed by atoms with E-state index in [0.29, 0.717) is 24.8 Å². The second-order valence-corrected chi connectivity index (χ2v) is 6.28. The van der Waals surface area contributed by atoms with Gasteiger partial charge in [0, 0.05) is 18.5 Å². The Bertz CT molecular complexity index is 716. The van der Waals surface area contributed by atoms with Gasteiger partial charge in [0.25, 0.3) is 0 Å². The maximum atomic E-state index is 13.2. The van der Waals surface area contributed by atoms with E-state index in [2.05, 4.69) is 15.6 Å². The van der Waals surface area contributed by atoms with Crippen LogP contribution >= 0.6 is 24.0 Å². The number of halogens is 2. The third kappa shape index (κ3) is 8.43. The fourth-order valence-corrected chi connectivity index (χ4v) is 2.59. The van der Waals surface area contributed by atoms with E-state index >= 15 is 0 Å². The summed E-state index contributed by atoms with van der Waals surface area (Å²) in [5, 5.41) is 16.1. The molecule has 154 valence electrons. The van der Waals surface area contributed by atoms with Crippen LogP contribution in [0.4, 0.5) is 4.39 Å². The van der Waals surface area contributed by atoms with E-state index in [4.69, 9.17) is 4.74 Å². The van der Waals surface area contributed by atoms with Gasteiger partial charge in [-0.2, -0.15) is 0 Å². The van der Waals surface area contributed by atoms with Crippen LogP contribution in [0.2, 0.25) is 0 Å². The fraction of sp³-hybridized carbons (Fsp3) is 0.381. The summed E-state index contributed by atoms with van der Waals surface area (Å²) in [6.07, 6.45) is -0.168. The quantitative estimate of drug-likeness (QED) is 0.280. The smallest absolute Gasteiger partial charge is 0.191 e. The second kappa shape index (κ2) is 13.3. The molecule has 0 aliphatic heterocycles. The van der Waals surface area contributed by atoms with Crippen molar-refractivity contribution >= 4 is 29.9 Å². The van der Waals surface area contributed by atoms with Crippen molar-refractivity contribution in [3.05, 3.63) is 66.0 Å². The Kier molecular flexibility index (Phi) is 11.5. The Balaban J connectivity index is 0.00000392.